The Bertz CT molecular complexity index is 512. The van der Waals surface area contributed by atoms with Crippen molar-refractivity contribution in [1.29, 1.82) is 0 Å². The Morgan fingerprint density at radius 2 is 2.06 bits per heavy atom. The zero-order valence-corrected chi connectivity index (χ0v) is 11.8. The van der Waals surface area contributed by atoms with Crippen molar-refractivity contribution in [2.24, 2.45) is 5.73 Å². The zero-order chi connectivity index (χ0) is 13.0. The van der Waals surface area contributed by atoms with Crippen LogP contribution in [0.4, 0.5) is 0 Å². The first kappa shape index (κ1) is 13.4. The number of hydrogen-bond acceptors (Lipinski definition) is 3. The number of benzene rings is 1. The van der Waals surface area contributed by atoms with Crippen LogP contribution in [-0.4, -0.2) is 6.61 Å². The molecule has 2 N–H and O–H groups in total. The number of nitrogens with two attached hydrogens (primary N) is 1. The molecule has 96 valence electrons. The molecule has 4 heteroatoms. The first-order chi connectivity index (χ1) is 8.70. The summed E-state index contributed by atoms with van der Waals surface area (Å²) in [6, 6.07) is 11.8. The Morgan fingerprint density at radius 3 is 2.72 bits per heavy atom. The first-order valence-electron chi connectivity index (χ1n) is 5.92. The number of para-hydroxylation sites is 1. The molecule has 0 saturated heterocycles. The SMILES string of the molecule is CCOc1ccccc1C(N)Cc1ccc(Cl)s1. The van der Waals surface area contributed by atoms with E-state index in [0.717, 1.165) is 22.1 Å². The fourth-order valence-electron chi connectivity index (χ4n) is 1.86. The highest BCUT2D eigenvalue weighted by Crippen LogP contribution is 2.29. The van der Waals surface area contributed by atoms with Gasteiger partial charge in [0.1, 0.15) is 5.75 Å². The summed E-state index contributed by atoms with van der Waals surface area (Å²) < 4.78 is 6.40. The van der Waals surface area contributed by atoms with Crippen molar-refractivity contribution in [3.63, 3.8) is 0 Å². The molecule has 1 aromatic carbocycles. The second kappa shape index (κ2) is 6.23. The van der Waals surface area contributed by atoms with E-state index in [9.17, 15) is 0 Å². The minimum absolute atomic E-state index is 0.0672. The van der Waals surface area contributed by atoms with Crippen LogP contribution in [0.2, 0.25) is 4.34 Å². The Morgan fingerprint density at radius 1 is 1.28 bits per heavy atom. The molecule has 0 fully saturated rings. The van der Waals surface area contributed by atoms with Gasteiger partial charge in [-0.25, -0.2) is 0 Å². The Kier molecular flexibility index (Phi) is 4.64. The van der Waals surface area contributed by atoms with Crippen LogP contribution in [0.1, 0.15) is 23.4 Å². The molecular weight excluding hydrogens is 266 g/mol. The van der Waals surface area contributed by atoms with E-state index in [1.54, 1.807) is 11.3 Å². The van der Waals surface area contributed by atoms with Crippen LogP contribution in [0.25, 0.3) is 0 Å². The van der Waals surface area contributed by atoms with Crippen LogP contribution in [0, 0.1) is 0 Å². The van der Waals surface area contributed by atoms with Crippen LogP contribution in [0.3, 0.4) is 0 Å². The van der Waals surface area contributed by atoms with Gasteiger partial charge in [0, 0.05) is 22.9 Å². The molecule has 0 aliphatic rings. The number of ether oxygens (including phenoxy) is 1. The third kappa shape index (κ3) is 3.25. The van der Waals surface area contributed by atoms with E-state index in [0.29, 0.717) is 6.61 Å². The van der Waals surface area contributed by atoms with Gasteiger partial charge in [0.05, 0.1) is 10.9 Å². The van der Waals surface area contributed by atoms with Crippen LogP contribution in [0.5, 0.6) is 5.75 Å². The monoisotopic (exact) mass is 281 g/mol. The summed E-state index contributed by atoms with van der Waals surface area (Å²) in [4.78, 5) is 1.19. The summed E-state index contributed by atoms with van der Waals surface area (Å²) in [5.74, 6) is 0.871. The minimum atomic E-state index is -0.0672. The Balaban J connectivity index is 2.15. The van der Waals surface area contributed by atoms with Crippen molar-refractivity contribution >= 4 is 22.9 Å². The molecule has 0 radical (unpaired) electrons. The van der Waals surface area contributed by atoms with E-state index in [1.165, 1.54) is 4.88 Å². The van der Waals surface area contributed by atoms with Gasteiger partial charge < -0.3 is 10.5 Å². The molecule has 2 aromatic rings. The van der Waals surface area contributed by atoms with Crippen molar-refractivity contribution in [3.05, 3.63) is 51.2 Å². The molecule has 0 amide bonds. The van der Waals surface area contributed by atoms with E-state index in [4.69, 9.17) is 22.1 Å². The molecule has 18 heavy (non-hydrogen) atoms. The highest BCUT2D eigenvalue weighted by atomic mass is 35.5. The normalized spacial score (nSPS) is 12.4. The van der Waals surface area contributed by atoms with E-state index < -0.39 is 0 Å². The van der Waals surface area contributed by atoms with Gasteiger partial charge in [-0.15, -0.1) is 11.3 Å². The van der Waals surface area contributed by atoms with Gasteiger partial charge in [0.15, 0.2) is 0 Å². The van der Waals surface area contributed by atoms with Crippen molar-refractivity contribution in [1.82, 2.24) is 0 Å². The van der Waals surface area contributed by atoms with Gasteiger partial charge in [-0.05, 0) is 25.1 Å². The van der Waals surface area contributed by atoms with Crippen molar-refractivity contribution in [3.8, 4) is 5.75 Å². The van der Waals surface area contributed by atoms with Crippen LogP contribution in [0.15, 0.2) is 36.4 Å². The van der Waals surface area contributed by atoms with Gasteiger partial charge in [-0.1, -0.05) is 29.8 Å². The highest BCUT2D eigenvalue weighted by molar-refractivity contribution is 7.16. The highest BCUT2D eigenvalue weighted by Gasteiger charge is 2.13. The third-order valence-corrected chi connectivity index (χ3v) is 3.92. The molecule has 1 atom stereocenters. The Labute approximate surface area is 116 Å². The standard InChI is InChI=1S/C14H16ClNOS/c1-2-17-13-6-4-3-5-11(13)12(16)9-10-7-8-14(15)18-10/h3-8,12H,2,9,16H2,1H3. The summed E-state index contributed by atoms with van der Waals surface area (Å²) in [7, 11) is 0. The fraction of sp³-hybridized carbons (Fsp3) is 0.286. The summed E-state index contributed by atoms with van der Waals surface area (Å²) >= 11 is 7.50. The number of halogens is 1. The molecule has 1 aromatic heterocycles. The Hall–Kier alpha value is -1.03. The van der Waals surface area contributed by atoms with Crippen LogP contribution in [-0.2, 0) is 6.42 Å². The molecule has 0 bridgehead atoms. The average molecular weight is 282 g/mol. The minimum Gasteiger partial charge on any atom is -0.494 e. The second-order valence-electron chi connectivity index (χ2n) is 3.99. The summed E-state index contributed by atoms with van der Waals surface area (Å²) in [5, 5.41) is 0. The van der Waals surface area contributed by atoms with Gasteiger partial charge >= 0.3 is 0 Å². The lowest BCUT2D eigenvalue weighted by Crippen LogP contribution is -2.14. The van der Waals surface area contributed by atoms with Crippen molar-refractivity contribution in [2.45, 2.75) is 19.4 Å². The van der Waals surface area contributed by atoms with Gasteiger partial charge in [0.2, 0.25) is 0 Å². The molecule has 0 aliphatic heterocycles. The summed E-state index contributed by atoms with van der Waals surface area (Å²) in [6.45, 7) is 2.62. The van der Waals surface area contributed by atoms with Gasteiger partial charge in [0.25, 0.3) is 0 Å². The second-order valence-corrected chi connectivity index (χ2v) is 5.79. The largest absolute Gasteiger partial charge is 0.494 e. The number of hydrogen-bond donors (Lipinski definition) is 1. The van der Waals surface area contributed by atoms with E-state index in [1.807, 2.05) is 43.3 Å². The molecule has 2 nitrogen and oxygen atoms in total. The van der Waals surface area contributed by atoms with Crippen molar-refractivity contribution in [2.75, 3.05) is 6.61 Å². The maximum atomic E-state index is 6.25. The lowest BCUT2D eigenvalue weighted by molar-refractivity contribution is 0.334. The summed E-state index contributed by atoms with van der Waals surface area (Å²) in [6.07, 6.45) is 0.779. The maximum absolute atomic E-state index is 6.25. The fourth-order valence-corrected chi connectivity index (χ4v) is 3.01. The first-order valence-corrected chi connectivity index (χ1v) is 7.11. The molecule has 0 saturated carbocycles. The topological polar surface area (TPSA) is 35.2 Å². The maximum Gasteiger partial charge on any atom is 0.124 e. The predicted molar refractivity (Wildman–Crippen MR) is 77.6 cm³/mol. The number of thiophene rings is 1. The molecular formula is C14H16ClNOS. The van der Waals surface area contributed by atoms with Gasteiger partial charge in [-0.3, -0.25) is 0 Å². The molecule has 0 spiro atoms. The van der Waals surface area contributed by atoms with Gasteiger partial charge in [-0.2, -0.15) is 0 Å². The van der Waals surface area contributed by atoms with Crippen LogP contribution < -0.4 is 10.5 Å². The molecule has 1 unspecified atom stereocenters. The van der Waals surface area contributed by atoms with E-state index in [-0.39, 0.29) is 6.04 Å². The van der Waals surface area contributed by atoms with E-state index in [2.05, 4.69) is 0 Å². The van der Waals surface area contributed by atoms with E-state index >= 15 is 0 Å². The third-order valence-electron chi connectivity index (χ3n) is 2.67. The quantitative estimate of drug-likeness (QED) is 0.898. The lowest BCUT2D eigenvalue weighted by atomic mass is 10.0. The average Bonchev–Trinajstić information content (AvgIpc) is 2.76. The lowest BCUT2D eigenvalue weighted by Gasteiger charge is -2.15. The molecule has 0 aliphatic carbocycles. The zero-order valence-electron chi connectivity index (χ0n) is 10.2. The number of rotatable bonds is 5. The molecule has 1 heterocycles. The van der Waals surface area contributed by atoms with Crippen molar-refractivity contribution < 1.29 is 4.74 Å². The van der Waals surface area contributed by atoms with Crippen LogP contribution >= 0.6 is 22.9 Å². The smallest absolute Gasteiger partial charge is 0.124 e. The predicted octanol–water partition coefficient (Wildman–Crippen LogP) is 4.04. The molecule has 2 rings (SSSR count). The summed E-state index contributed by atoms with van der Waals surface area (Å²) in [5.41, 5.74) is 7.30.